The van der Waals surface area contributed by atoms with E-state index < -0.39 is 11.2 Å². The number of phenols is 2. The molecule has 0 atom stereocenters. The van der Waals surface area contributed by atoms with Crippen LogP contribution in [-0.2, 0) is 15.6 Å². The van der Waals surface area contributed by atoms with Crippen LogP contribution in [0.2, 0.25) is 0 Å². The molecule has 2 aliphatic carbocycles. The van der Waals surface area contributed by atoms with Gasteiger partial charge in [-0.15, -0.1) is 0 Å². The molecule has 4 N–H and O–H groups in total. The van der Waals surface area contributed by atoms with E-state index in [4.69, 9.17) is 0 Å². The van der Waals surface area contributed by atoms with E-state index in [0.29, 0.717) is 29.6 Å². The van der Waals surface area contributed by atoms with E-state index in [1.165, 1.54) is 18.2 Å². The lowest BCUT2D eigenvalue weighted by Gasteiger charge is -2.16. The van der Waals surface area contributed by atoms with Gasteiger partial charge < -0.3 is 20.5 Å². The fourth-order valence-electron chi connectivity index (χ4n) is 3.90. The Morgan fingerprint density at radius 1 is 1.07 bits per heavy atom. The number of carbonyl (C=O) groups is 1. The number of benzene rings is 2. The third kappa shape index (κ3) is 2.55. The number of hydrogen-bond acceptors (Lipinski definition) is 3. The molecule has 1 heterocycles. The zero-order valence-corrected chi connectivity index (χ0v) is 15.5. The van der Waals surface area contributed by atoms with E-state index in [-0.39, 0.29) is 22.8 Å². The van der Waals surface area contributed by atoms with Crippen molar-refractivity contribution in [3.8, 4) is 11.5 Å². The molecule has 5 nitrogen and oxygen atoms in total. The van der Waals surface area contributed by atoms with E-state index >= 15 is 0 Å². The van der Waals surface area contributed by atoms with Crippen LogP contribution in [0.3, 0.4) is 0 Å². The summed E-state index contributed by atoms with van der Waals surface area (Å²) in [6.07, 6.45) is 3.46. The van der Waals surface area contributed by atoms with Crippen LogP contribution >= 0.6 is 0 Å². The minimum absolute atomic E-state index is 0.105. The van der Waals surface area contributed by atoms with E-state index in [2.05, 4.69) is 17.2 Å². The molecule has 6 heteroatoms. The van der Waals surface area contributed by atoms with Crippen LogP contribution in [-0.4, -0.2) is 21.1 Å². The normalized spacial score (nSPS) is 18.8. The summed E-state index contributed by atoms with van der Waals surface area (Å²) in [6.45, 7) is 2.15. The molecule has 0 spiro atoms. The molecule has 144 valence electrons. The summed E-state index contributed by atoms with van der Waals surface area (Å²) < 4.78 is 14.6. The second kappa shape index (κ2) is 5.50. The smallest absolute Gasteiger partial charge is 0.235 e. The number of rotatable bonds is 4. The molecular weight excluding hydrogens is 359 g/mol. The first-order valence-electron chi connectivity index (χ1n) is 9.47. The highest BCUT2D eigenvalue weighted by Crippen LogP contribution is 2.51. The van der Waals surface area contributed by atoms with Crippen molar-refractivity contribution < 1.29 is 19.4 Å². The van der Waals surface area contributed by atoms with Crippen LogP contribution in [0.5, 0.6) is 11.5 Å². The molecule has 0 radical (unpaired) electrons. The summed E-state index contributed by atoms with van der Waals surface area (Å²) in [5.41, 5.74) is 1.91. The fourth-order valence-corrected chi connectivity index (χ4v) is 3.90. The number of amides is 1. The SMILES string of the molecule is CC1(c2cc3cc(NC(=O)C4(c5ccc(O)c(O)c5)CC4)cc(F)c3[nH]2)CC1. The molecule has 0 aliphatic heterocycles. The first-order chi connectivity index (χ1) is 13.3. The molecule has 1 amide bonds. The van der Waals surface area contributed by atoms with Gasteiger partial charge in [0.15, 0.2) is 11.5 Å². The first-order valence-corrected chi connectivity index (χ1v) is 9.47. The van der Waals surface area contributed by atoms with Crippen molar-refractivity contribution in [1.29, 1.82) is 0 Å². The number of aromatic nitrogens is 1. The van der Waals surface area contributed by atoms with Crippen LogP contribution in [0.1, 0.15) is 43.9 Å². The van der Waals surface area contributed by atoms with Crippen molar-refractivity contribution in [3.05, 3.63) is 53.5 Å². The highest BCUT2D eigenvalue weighted by molar-refractivity contribution is 6.02. The van der Waals surface area contributed by atoms with E-state index in [0.717, 1.165) is 23.9 Å². The minimum Gasteiger partial charge on any atom is -0.504 e. The van der Waals surface area contributed by atoms with Gasteiger partial charge in [-0.3, -0.25) is 4.79 Å². The van der Waals surface area contributed by atoms with Crippen molar-refractivity contribution in [3.63, 3.8) is 0 Å². The third-order valence-electron chi connectivity index (χ3n) is 6.30. The van der Waals surface area contributed by atoms with Crippen molar-refractivity contribution in [2.24, 2.45) is 0 Å². The van der Waals surface area contributed by atoms with Gasteiger partial charge in [-0.25, -0.2) is 4.39 Å². The lowest BCUT2D eigenvalue weighted by molar-refractivity contribution is -0.118. The molecular formula is C22H21FN2O3. The van der Waals surface area contributed by atoms with Crippen LogP contribution < -0.4 is 5.32 Å². The van der Waals surface area contributed by atoms with Crippen molar-refractivity contribution in [2.75, 3.05) is 5.32 Å². The molecule has 0 unspecified atom stereocenters. The zero-order chi connectivity index (χ0) is 19.7. The minimum atomic E-state index is -0.749. The Balaban J connectivity index is 1.44. The number of hydrogen-bond donors (Lipinski definition) is 4. The average molecular weight is 380 g/mol. The van der Waals surface area contributed by atoms with Crippen molar-refractivity contribution >= 4 is 22.5 Å². The number of H-pyrrole nitrogens is 1. The van der Waals surface area contributed by atoms with Crippen LogP contribution in [0.4, 0.5) is 10.1 Å². The van der Waals surface area contributed by atoms with Crippen molar-refractivity contribution in [1.82, 2.24) is 4.98 Å². The Labute approximate surface area is 161 Å². The molecule has 2 fully saturated rings. The van der Waals surface area contributed by atoms with Crippen molar-refractivity contribution in [2.45, 2.75) is 43.4 Å². The summed E-state index contributed by atoms with van der Waals surface area (Å²) >= 11 is 0. The third-order valence-corrected chi connectivity index (χ3v) is 6.30. The predicted molar refractivity (Wildman–Crippen MR) is 104 cm³/mol. The standard InChI is InChI=1S/C22H21FN2O3/c1-21(4-5-21)18-9-12-8-14(11-15(23)19(12)25-18)24-20(28)22(6-7-22)13-2-3-16(26)17(27)10-13/h2-3,8-11,25-27H,4-7H2,1H3,(H,24,28). The highest BCUT2D eigenvalue weighted by Gasteiger charge is 2.51. The Morgan fingerprint density at radius 2 is 1.82 bits per heavy atom. The van der Waals surface area contributed by atoms with Crippen LogP contribution in [0, 0.1) is 5.82 Å². The number of halogens is 1. The molecule has 0 saturated heterocycles. The Kier molecular flexibility index (Phi) is 3.36. The van der Waals surface area contributed by atoms with Gasteiger partial charge in [0.05, 0.1) is 10.9 Å². The molecule has 2 saturated carbocycles. The summed E-state index contributed by atoms with van der Waals surface area (Å²) in [6, 6.07) is 9.52. The number of phenolic OH excluding ortho intramolecular Hbond substituents is 2. The zero-order valence-electron chi connectivity index (χ0n) is 15.5. The number of carbonyl (C=O) groups excluding carboxylic acids is 1. The Morgan fingerprint density at radius 3 is 2.46 bits per heavy atom. The maximum atomic E-state index is 14.6. The van der Waals surface area contributed by atoms with Gasteiger partial charge in [-0.2, -0.15) is 0 Å². The van der Waals surface area contributed by atoms with Gasteiger partial charge in [-0.1, -0.05) is 13.0 Å². The lowest BCUT2D eigenvalue weighted by atomic mass is 9.94. The molecule has 1 aromatic heterocycles. The van der Waals surface area contributed by atoms with Gasteiger partial charge in [0.2, 0.25) is 5.91 Å². The molecule has 2 aliphatic rings. The topological polar surface area (TPSA) is 85.3 Å². The number of aromatic hydroxyl groups is 2. The second-order valence-electron chi connectivity index (χ2n) is 8.41. The number of fused-ring (bicyclic) bond motifs is 1. The Hall–Kier alpha value is -3.02. The summed E-state index contributed by atoms with van der Waals surface area (Å²) in [5, 5.41) is 22.8. The number of anilines is 1. The maximum absolute atomic E-state index is 14.6. The maximum Gasteiger partial charge on any atom is 0.235 e. The van der Waals surface area contributed by atoms with Crippen LogP contribution in [0.25, 0.3) is 10.9 Å². The molecule has 28 heavy (non-hydrogen) atoms. The van der Waals surface area contributed by atoms with Gasteiger partial charge in [0.25, 0.3) is 0 Å². The second-order valence-corrected chi connectivity index (χ2v) is 8.41. The largest absolute Gasteiger partial charge is 0.504 e. The average Bonchev–Trinajstić information content (AvgIpc) is 3.56. The van der Waals surface area contributed by atoms with E-state index in [1.807, 2.05) is 6.07 Å². The van der Waals surface area contributed by atoms with E-state index in [9.17, 15) is 19.4 Å². The van der Waals surface area contributed by atoms with Gasteiger partial charge in [0.1, 0.15) is 5.82 Å². The summed E-state index contributed by atoms with van der Waals surface area (Å²) in [7, 11) is 0. The lowest BCUT2D eigenvalue weighted by Crippen LogP contribution is -2.27. The number of nitrogens with one attached hydrogen (secondary N) is 2. The van der Waals surface area contributed by atoms with Gasteiger partial charge >= 0.3 is 0 Å². The van der Waals surface area contributed by atoms with Gasteiger partial charge in [-0.05, 0) is 61.6 Å². The Bertz CT molecular complexity index is 1130. The van der Waals surface area contributed by atoms with E-state index in [1.54, 1.807) is 12.1 Å². The number of aromatic amines is 1. The monoisotopic (exact) mass is 380 g/mol. The molecule has 5 rings (SSSR count). The predicted octanol–water partition coefficient (Wildman–Crippen LogP) is 4.44. The summed E-state index contributed by atoms with van der Waals surface area (Å²) in [5.74, 6) is -1.10. The van der Waals surface area contributed by atoms with Gasteiger partial charge in [0, 0.05) is 22.2 Å². The highest BCUT2D eigenvalue weighted by atomic mass is 19.1. The molecule has 0 bridgehead atoms. The summed E-state index contributed by atoms with van der Waals surface area (Å²) in [4.78, 5) is 16.1. The molecule has 3 aromatic rings. The quantitative estimate of drug-likeness (QED) is 0.505. The van der Waals surface area contributed by atoms with Crippen LogP contribution in [0.15, 0.2) is 36.4 Å². The fraction of sp³-hybridized carbons (Fsp3) is 0.318. The molecule has 2 aromatic carbocycles. The first kappa shape index (κ1) is 17.1.